The second kappa shape index (κ2) is 11.9. The number of nitrogens with one attached hydrogen (secondary N) is 2. The van der Waals surface area contributed by atoms with Gasteiger partial charge in [0.25, 0.3) is 0 Å². The number of urea groups is 1. The Bertz CT molecular complexity index is 993. The van der Waals surface area contributed by atoms with Gasteiger partial charge in [-0.2, -0.15) is 5.10 Å². The molecule has 31 heavy (non-hydrogen) atoms. The van der Waals surface area contributed by atoms with E-state index in [2.05, 4.69) is 15.8 Å². The molecular weight excluding hydrogens is 394 g/mol. The SMILES string of the molecule is COc1cccc(OCCCOc2ccccc2/C=N/NC(=O)Nc2ccccc2)c1. The number of hydrazone groups is 1. The molecule has 0 aliphatic heterocycles. The number of carbonyl (C=O) groups excluding carboxylic acids is 1. The molecule has 0 heterocycles. The molecule has 0 atom stereocenters. The summed E-state index contributed by atoms with van der Waals surface area (Å²) in [6.45, 7) is 1.00. The molecule has 0 unspecified atom stereocenters. The number of hydrogen-bond acceptors (Lipinski definition) is 5. The summed E-state index contributed by atoms with van der Waals surface area (Å²) in [7, 11) is 1.62. The van der Waals surface area contributed by atoms with Crippen molar-refractivity contribution >= 4 is 17.9 Å². The minimum atomic E-state index is -0.421. The summed E-state index contributed by atoms with van der Waals surface area (Å²) in [5.41, 5.74) is 3.89. The standard InChI is InChI=1S/C24H25N3O4/c1-29-21-12-7-13-22(17-21)30-15-8-16-31-23-14-6-5-9-19(23)18-25-27-24(28)26-20-10-3-2-4-11-20/h2-7,9-14,17-18H,8,15-16H2,1H3,(H2,26,27,28)/b25-18+. The molecule has 0 aromatic heterocycles. The average Bonchev–Trinajstić information content (AvgIpc) is 2.80. The van der Waals surface area contributed by atoms with E-state index in [1.54, 1.807) is 25.5 Å². The van der Waals surface area contributed by atoms with Crippen LogP contribution in [0.25, 0.3) is 0 Å². The first-order valence-corrected chi connectivity index (χ1v) is 9.88. The molecule has 0 radical (unpaired) electrons. The summed E-state index contributed by atoms with van der Waals surface area (Å²) in [5, 5.41) is 6.69. The Morgan fingerprint density at radius 1 is 0.903 bits per heavy atom. The highest BCUT2D eigenvalue weighted by atomic mass is 16.5. The highest BCUT2D eigenvalue weighted by Crippen LogP contribution is 2.19. The molecule has 0 aliphatic carbocycles. The topological polar surface area (TPSA) is 81.2 Å². The highest BCUT2D eigenvalue weighted by Gasteiger charge is 2.03. The van der Waals surface area contributed by atoms with E-state index in [9.17, 15) is 4.79 Å². The van der Waals surface area contributed by atoms with E-state index >= 15 is 0 Å². The van der Waals surface area contributed by atoms with Crippen molar-refractivity contribution < 1.29 is 19.0 Å². The van der Waals surface area contributed by atoms with Crippen LogP contribution in [-0.4, -0.2) is 32.6 Å². The van der Waals surface area contributed by atoms with Crippen molar-refractivity contribution in [2.75, 3.05) is 25.6 Å². The van der Waals surface area contributed by atoms with Gasteiger partial charge in [0.15, 0.2) is 0 Å². The Morgan fingerprint density at radius 3 is 2.48 bits per heavy atom. The number of nitrogens with zero attached hydrogens (tertiary/aromatic N) is 1. The number of hydrogen-bond donors (Lipinski definition) is 2. The van der Waals surface area contributed by atoms with Crippen molar-refractivity contribution in [1.82, 2.24) is 5.43 Å². The van der Waals surface area contributed by atoms with Crippen molar-refractivity contribution in [3.63, 3.8) is 0 Å². The molecule has 160 valence electrons. The molecule has 7 nitrogen and oxygen atoms in total. The van der Waals surface area contributed by atoms with Gasteiger partial charge in [-0.25, -0.2) is 10.2 Å². The quantitative estimate of drug-likeness (QED) is 0.284. The maximum Gasteiger partial charge on any atom is 0.339 e. The summed E-state index contributed by atoms with van der Waals surface area (Å²) in [4.78, 5) is 11.9. The molecule has 0 aliphatic rings. The lowest BCUT2D eigenvalue weighted by molar-refractivity contribution is 0.246. The number of benzene rings is 3. The van der Waals surface area contributed by atoms with Crippen molar-refractivity contribution in [3.05, 3.63) is 84.4 Å². The zero-order valence-electron chi connectivity index (χ0n) is 17.3. The number of ether oxygens (including phenoxy) is 3. The van der Waals surface area contributed by atoms with E-state index in [1.165, 1.54) is 0 Å². The van der Waals surface area contributed by atoms with Crippen LogP contribution in [0.1, 0.15) is 12.0 Å². The van der Waals surface area contributed by atoms with E-state index in [0.29, 0.717) is 31.1 Å². The van der Waals surface area contributed by atoms with Gasteiger partial charge in [-0.3, -0.25) is 0 Å². The van der Waals surface area contributed by atoms with Gasteiger partial charge in [-0.1, -0.05) is 36.4 Å². The first-order valence-electron chi connectivity index (χ1n) is 9.88. The Morgan fingerprint density at radius 2 is 1.65 bits per heavy atom. The van der Waals surface area contributed by atoms with E-state index < -0.39 is 6.03 Å². The summed E-state index contributed by atoms with van der Waals surface area (Å²) < 4.78 is 16.7. The Labute approximate surface area is 181 Å². The van der Waals surface area contributed by atoms with Crippen LogP contribution in [0, 0.1) is 0 Å². The lowest BCUT2D eigenvalue weighted by Crippen LogP contribution is -2.24. The maximum atomic E-state index is 11.9. The first kappa shape index (κ1) is 21.7. The van der Waals surface area contributed by atoms with Crippen LogP contribution >= 0.6 is 0 Å². The van der Waals surface area contributed by atoms with Crippen LogP contribution in [0.5, 0.6) is 17.2 Å². The average molecular weight is 419 g/mol. The van der Waals surface area contributed by atoms with Crippen LogP contribution in [0.4, 0.5) is 10.5 Å². The van der Waals surface area contributed by atoms with Crippen LogP contribution in [0.3, 0.4) is 0 Å². The monoisotopic (exact) mass is 419 g/mol. The molecule has 0 spiro atoms. The zero-order valence-corrected chi connectivity index (χ0v) is 17.3. The van der Waals surface area contributed by atoms with E-state index in [-0.39, 0.29) is 0 Å². The van der Waals surface area contributed by atoms with Crippen molar-refractivity contribution in [1.29, 1.82) is 0 Å². The minimum absolute atomic E-state index is 0.421. The Kier molecular flexibility index (Phi) is 8.31. The van der Waals surface area contributed by atoms with Crippen LogP contribution < -0.4 is 25.0 Å². The van der Waals surface area contributed by atoms with Gasteiger partial charge in [0.2, 0.25) is 0 Å². The summed E-state index contributed by atoms with van der Waals surface area (Å²) in [6.07, 6.45) is 2.26. The van der Waals surface area contributed by atoms with Crippen LogP contribution in [0.2, 0.25) is 0 Å². The molecule has 0 fully saturated rings. The van der Waals surface area contributed by atoms with Gasteiger partial charge in [0.1, 0.15) is 17.2 Å². The Balaban J connectivity index is 1.43. The van der Waals surface area contributed by atoms with Crippen molar-refractivity contribution in [2.24, 2.45) is 5.10 Å². The molecule has 3 rings (SSSR count). The first-order chi connectivity index (χ1) is 15.2. The number of para-hydroxylation sites is 2. The molecule has 0 saturated carbocycles. The lowest BCUT2D eigenvalue weighted by Gasteiger charge is -2.10. The second-order valence-electron chi connectivity index (χ2n) is 6.46. The fraction of sp³-hybridized carbons (Fsp3) is 0.167. The number of anilines is 1. The molecule has 2 N–H and O–H groups in total. The molecule has 3 aromatic rings. The minimum Gasteiger partial charge on any atom is -0.497 e. The Hall–Kier alpha value is -4.00. The van der Waals surface area contributed by atoms with Gasteiger partial charge in [-0.05, 0) is 36.4 Å². The summed E-state index contributed by atoms with van der Waals surface area (Å²) in [5.74, 6) is 2.19. The fourth-order valence-electron chi connectivity index (χ4n) is 2.68. The van der Waals surface area contributed by atoms with Gasteiger partial charge in [-0.15, -0.1) is 0 Å². The largest absolute Gasteiger partial charge is 0.497 e. The molecule has 3 aromatic carbocycles. The van der Waals surface area contributed by atoms with Gasteiger partial charge < -0.3 is 19.5 Å². The summed E-state index contributed by atoms with van der Waals surface area (Å²) in [6, 6.07) is 23.7. The highest BCUT2D eigenvalue weighted by molar-refractivity contribution is 5.90. The third kappa shape index (κ3) is 7.40. The van der Waals surface area contributed by atoms with E-state index in [0.717, 1.165) is 17.1 Å². The van der Waals surface area contributed by atoms with Crippen molar-refractivity contribution in [3.8, 4) is 17.2 Å². The smallest absolute Gasteiger partial charge is 0.339 e. The van der Waals surface area contributed by atoms with E-state index in [1.807, 2.05) is 66.7 Å². The number of methoxy groups -OCH3 is 1. The molecule has 2 amide bonds. The van der Waals surface area contributed by atoms with Crippen LogP contribution in [0.15, 0.2) is 84.0 Å². The molecular formula is C24H25N3O4. The normalized spacial score (nSPS) is 10.5. The maximum absolute atomic E-state index is 11.9. The molecule has 7 heteroatoms. The van der Waals surface area contributed by atoms with Gasteiger partial charge in [0, 0.05) is 23.7 Å². The number of carbonyl (C=O) groups is 1. The zero-order chi connectivity index (χ0) is 21.7. The van der Waals surface area contributed by atoms with Gasteiger partial charge in [0.05, 0.1) is 26.5 Å². The predicted molar refractivity (Wildman–Crippen MR) is 121 cm³/mol. The third-order valence-electron chi connectivity index (χ3n) is 4.18. The molecule has 0 bridgehead atoms. The summed E-state index contributed by atoms with van der Waals surface area (Å²) >= 11 is 0. The third-order valence-corrected chi connectivity index (χ3v) is 4.18. The van der Waals surface area contributed by atoms with E-state index in [4.69, 9.17) is 14.2 Å². The number of rotatable bonds is 10. The lowest BCUT2D eigenvalue weighted by atomic mass is 10.2. The second-order valence-corrected chi connectivity index (χ2v) is 6.46. The number of amides is 2. The van der Waals surface area contributed by atoms with Crippen LogP contribution in [-0.2, 0) is 0 Å². The van der Waals surface area contributed by atoms with Gasteiger partial charge >= 0.3 is 6.03 Å². The predicted octanol–water partition coefficient (Wildman–Crippen LogP) is 4.70. The fourth-order valence-corrected chi connectivity index (χ4v) is 2.68. The van der Waals surface area contributed by atoms with Crippen molar-refractivity contribution in [2.45, 2.75) is 6.42 Å². The molecule has 0 saturated heterocycles.